The number of nitrogens with one attached hydrogen (secondary N) is 3. The molecule has 0 spiro atoms. The van der Waals surface area contributed by atoms with Gasteiger partial charge < -0.3 is 16.0 Å². The Balaban J connectivity index is 2.03. The molecule has 126 valence electrons. The van der Waals surface area contributed by atoms with Gasteiger partial charge in [0.1, 0.15) is 5.69 Å². The van der Waals surface area contributed by atoms with Crippen LogP contribution in [0.3, 0.4) is 0 Å². The number of hydrogen-bond donors (Lipinski definition) is 3. The average molecular weight is 338 g/mol. The highest BCUT2D eigenvalue weighted by atomic mass is 19.4. The molecule has 1 aromatic heterocycles. The summed E-state index contributed by atoms with van der Waals surface area (Å²) in [5, 5.41) is 7.46. The maximum atomic E-state index is 12.4. The van der Waals surface area contributed by atoms with Crippen LogP contribution in [0.4, 0.5) is 29.3 Å². The predicted molar refractivity (Wildman–Crippen MR) is 81.7 cm³/mol. The Labute approximate surface area is 135 Å². The van der Waals surface area contributed by atoms with Crippen molar-refractivity contribution in [3.05, 3.63) is 53.9 Å². The van der Waals surface area contributed by atoms with E-state index in [-0.39, 0.29) is 11.6 Å². The van der Waals surface area contributed by atoms with E-state index in [1.165, 1.54) is 7.05 Å². The number of urea groups is 1. The molecule has 6 nitrogen and oxygen atoms in total. The summed E-state index contributed by atoms with van der Waals surface area (Å²) < 4.78 is 37.3. The lowest BCUT2D eigenvalue weighted by atomic mass is 10.2. The van der Waals surface area contributed by atoms with E-state index < -0.39 is 17.8 Å². The summed E-state index contributed by atoms with van der Waals surface area (Å²) in [4.78, 5) is 26.3. The fourth-order valence-electron chi connectivity index (χ4n) is 1.73. The second-order valence-electron chi connectivity index (χ2n) is 4.67. The van der Waals surface area contributed by atoms with Crippen LogP contribution in [0.1, 0.15) is 16.1 Å². The minimum absolute atomic E-state index is 0.00411. The second kappa shape index (κ2) is 6.99. The molecule has 9 heteroatoms. The largest absolute Gasteiger partial charge is 0.433 e. The first-order chi connectivity index (χ1) is 11.3. The number of pyridine rings is 1. The van der Waals surface area contributed by atoms with Gasteiger partial charge in [0.15, 0.2) is 0 Å². The highest BCUT2D eigenvalue weighted by molar-refractivity contribution is 6.04. The van der Waals surface area contributed by atoms with E-state index in [9.17, 15) is 22.8 Å². The zero-order valence-corrected chi connectivity index (χ0v) is 12.4. The number of amides is 3. The van der Waals surface area contributed by atoms with Crippen molar-refractivity contribution >= 4 is 23.3 Å². The Morgan fingerprint density at radius 1 is 0.958 bits per heavy atom. The van der Waals surface area contributed by atoms with E-state index in [2.05, 4.69) is 20.9 Å². The predicted octanol–water partition coefficient (Wildman–Crippen LogP) is 3.10. The number of benzene rings is 1. The van der Waals surface area contributed by atoms with Crippen LogP contribution in [0.25, 0.3) is 0 Å². The van der Waals surface area contributed by atoms with Crippen LogP contribution in [0.2, 0.25) is 0 Å². The first-order valence-electron chi connectivity index (χ1n) is 6.73. The Kier molecular flexibility index (Phi) is 5.02. The molecule has 0 bridgehead atoms. The van der Waals surface area contributed by atoms with Crippen molar-refractivity contribution in [3.63, 3.8) is 0 Å². The first kappa shape index (κ1) is 17.3. The van der Waals surface area contributed by atoms with Gasteiger partial charge in [-0.05, 0) is 36.4 Å². The number of aromatic nitrogens is 1. The van der Waals surface area contributed by atoms with E-state index in [0.29, 0.717) is 11.4 Å². The van der Waals surface area contributed by atoms with Gasteiger partial charge in [-0.2, -0.15) is 13.2 Å². The molecule has 0 aliphatic heterocycles. The van der Waals surface area contributed by atoms with E-state index in [1.54, 1.807) is 24.3 Å². The van der Waals surface area contributed by atoms with E-state index in [0.717, 1.165) is 18.3 Å². The van der Waals surface area contributed by atoms with Crippen molar-refractivity contribution in [1.82, 2.24) is 10.3 Å². The minimum Gasteiger partial charge on any atom is -0.341 e. The van der Waals surface area contributed by atoms with Gasteiger partial charge in [0.2, 0.25) is 0 Å². The summed E-state index contributed by atoms with van der Waals surface area (Å²) in [7, 11) is 1.47. The molecule has 1 heterocycles. The molecule has 24 heavy (non-hydrogen) atoms. The molecule has 0 aliphatic rings. The molecule has 0 atom stereocenters. The van der Waals surface area contributed by atoms with Gasteiger partial charge in [-0.15, -0.1) is 0 Å². The molecule has 0 saturated carbocycles. The monoisotopic (exact) mass is 338 g/mol. The SMILES string of the molecule is CNC(=O)Nc1ccc(NC(=O)c2ccc(C(F)(F)F)nc2)cc1. The van der Waals surface area contributed by atoms with E-state index >= 15 is 0 Å². The maximum absolute atomic E-state index is 12.4. The van der Waals surface area contributed by atoms with Gasteiger partial charge in [0.25, 0.3) is 5.91 Å². The van der Waals surface area contributed by atoms with Crippen molar-refractivity contribution in [1.29, 1.82) is 0 Å². The molecule has 0 fully saturated rings. The standard InChI is InChI=1S/C15H13F3N4O2/c1-19-14(24)22-11-5-3-10(4-6-11)21-13(23)9-2-7-12(20-8-9)15(16,17)18/h2-8H,1H3,(H,21,23)(H2,19,22,24). The summed E-state index contributed by atoms with van der Waals surface area (Å²) >= 11 is 0. The van der Waals surface area contributed by atoms with Gasteiger partial charge in [-0.3, -0.25) is 9.78 Å². The Morgan fingerprint density at radius 3 is 2.00 bits per heavy atom. The molecular weight excluding hydrogens is 325 g/mol. The maximum Gasteiger partial charge on any atom is 0.433 e. The average Bonchev–Trinajstić information content (AvgIpc) is 2.55. The molecule has 2 aromatic rings. The number of halogens is 3. The van der Waals surface area contributed by atoms with Gasteiger partial charge in [-0.25, -0.2) is 4.79 Å². The van der Waals surface area contributed by atoms with Crippen LogP contribution in [0.15, 0.2) is 42.6 Å². The minimum atomic E-state index is -4.55. The van der Waals surface area contributed by atoms with Crippen LogP contribution in [-0.4, -0.2) is 24.0 Å². The van der Waals surface area contributed by atoms with Crippen LogP contribution in [-0.2, 0) is 6.18 Å². The molecule has 1 aromatic carbocycles. The summed E-state index contributed by atoms with van der Waals surface area (Å²) in [6, 6.07) is 7.62. The van der Waals surface area contributed by atoms with Gasteiger partial charge in [-0.1, -0.05) is 0 Å². The summed E-state index contributed by atoms with van der Waals surface area (Å²) in [6.07, 6.45) is -3.69. The number of rotatable bonds is 3. The molecule has 0 aliphatic carbocycles. The number of anilines is 2. The summed E-state index contributed by atoms with van der Waals surface area (Å²) in [6.45, 7) is 0. The van der Waals surface area contributed by atoms with E-state index in [1.807, 2.05) is 0 Å². The van der Waals surface area contributed by atoms with Crippen LogP contribution in [0.5, 0.6) is 0 Å². The number of nitrogens with zero attached hydrogens (tertiary/aromatic N) is 1. The third-order valence-electron chi connectivity index (χ3n) is 2.94. The zero-order valence-electron chi connectivity index (χ0n) is 12.4. The Hall–Kier alpha value is -3.10. The van der Waals surface area contributed by atoms with Gasteiger partial charge >= 0.3 is 12.2 Å². The fourth-order valence-corrected chi connectivity index (χ4v) is 1.73. The number of alkyl halides is 3. The second-order valence-corrected chi connectivity index (χ2v) is 4.67. The molecule has 0 unspecified atom stereocenters. The van der Waals surface area contributed by atoms with Gasteiger partial charge in [0.05, 0.1) is 5.56 Å². The van der Waals surface area contributed by atoms with Crippen LogP contribution < -0.4 is 16.0 Å². The number of carbonyl (C=O) groups is 2. The smallest absolute Gasteiger partial charge is 0.341 e. The molecule has 3 amide bonds. The Morgan fingerprint density at radius 2 is 1.54 bits per heavy atom. The number of hydrogen-bond acceptors (Lipinski definition) is 3. The van der Waals surface area contributed by atoms with Crippen LogP contribution in [0, 0.1) is 0 Å². The summed E-state index contributed by atoms with van der Waals surface area (Å²) in [5.41, 5.74) is -0.134. The molecular formula is C15H13F3N4O2. The number of carbonyl (C=O) groups excluding carboxylic acids is 2. The fraction of sp³-hybridized carbons (Fsp3) is 0.133. The van der Waals surface area contributed by atoms with Gasteiger partial charge in [0, 0.05) is 24.6 Å². The first-order valence-corrected chi connectivity index (χ1v) is 6.73. The van der Waals surface area contributed by atoms with Crippen LogP contribution >= 0.6 is 0 Å². The quantitative estimate of drug-likeness (QED) is 0.804. The normalized spacial score (nSPS) is 10.8. The third-order valence-corrected chi connectivity index (χ3v) is 2.94. The highest BCUT2D eigenvalue weighted by Crippen LogP contribution is 2.27. The van der Waals surface area contributed by atoms with E-state index in [4.69, 9.17) is 0 Å². The van der Waals surface area contributed by atoms with Crippen molar-refractivity contribution in [3.8, 4) is 0 Å². The molecule has 2 rings (SSSR count). The lowest BCUT2D eigenvalue weighted by Crippen LogP contribution is -2.24. The molecule has 0 radical (unpaired) electrons. The lowest BCUT2D eigenvalue weighted by molar-refractivity contribution is -0.141. The summed E-state index contributed by atoms with van der Waals surface area (Å²) in [5.74, 6) is -0.594. The zero-order chi connectivity index (χ0) is 17.7. The Bertz CT molecular complexity index is 728. The van der Waals surface area contributed by atoms with Crippen molar-refractivity contribution in [2.24, 2.45) is 0 Å². The van der Waals surface area contributed by atoms with Crippen molar-refractivity contribution < 1.29 is 22.8 Å². The molecule has 3 N–H and O–H groups in total. The molecule has 0 saturated heterocycles. The lowest BCUT2D eigenvalue weighted by Gasteiger charge is -2.09. The third kappa shape index (κ3) is 4.45. The topological polar surface area (TPSA) is 83.1 Å². The van der Waals surface area contributed by atoms with Crippen molar-refractivity contribution in [2.45, 2.75) is 6.18 Å². The van der Waals surface area contributed by atoms with Crippen molar-refractivity contribution in [2.75, 3.05) is 17.7 Å². The highest BCUT2D eigenvalue weighted by Gasteiger charge is 2.32.